The van der Waals surface area contributed by atoms with Crippen molar-refractivity contribution in [2.75, 3.05) is 44.8 Å². The average molecular weight is 561 g/mol. The zero-order chi connectivity index (χ0) is 29.4. The number of ether oxygens (including phenoxy) is 3. The number of anilines is 1. The second kappa shape index (κ2) is 11.3. The van der Waals surface area contributed by atoms with Gasteiger partial charge in [0.15, 0.2) is 11.6 Å². The number of halogens is 2. The smallest absolute Gasteiger partial charge is 0.410 e. The van der Waals surface area contributed by atoms with Gasteiger partial charge in [-0.25, -0.2) is 18.6 Å². The normalized spacial score (nSPS) is 20.8. The average Bonchev–Trinajstić information content (AvgIpc) is 3.12. The van der Waals surface area contributed by atoms with Crippen LogP contribution < -0.4 is 9.64 Å². The van der Waals surface area contributed by atoms with Gasteiger partial charge in [-0.3, -0.25) is 9.69 Å². The summed E-state index contributed by atoms with van der Waals surface area (Å²) < 4.78 is 44.9. The van der Waals surface area contributed by atoms with E-state index in [1.807, 2.05) is 46.4 Å². The van der Waals surface area contributed by atoms with Crippen molar-refractivity contribution in [2.24, 2.45) is 0 Å². The summed E-state index contributed by atoms with van der Waals surface area (Å²) in [6, 6.07) is 4.60. The summed E-state index contributed by atoms with van der Waals surface area (Å²) in [6.45, 7) is 13.1. The van der Waals surface area contributed by atoms with E-state index in [1.165, 1.54) is 6.07 Å². The molecule has 2 aliphatic heterocycles. The molecule has 1 saturated heterocycles. The zero-order valence-electron chi connectivity index (χ0n) is 24.2. The number of hydrogen-bond donors (Lipinski definition) is 0. The van der Waals surface area contributed by atoms with Gasteiger partial charge < -0.3 is 24.0 Å². The number of methoxy groups -OCH3 is 1. The highest BCUT2D eigenvalue weighted by Crippen LogP contribution is 2.42. The fourth-order valence-corrected chi connectivity index (χ4v) is 5.19. The van der Waals surface area contributed by atoms with Gasteiger partial charge in [-0.15, -0.1) is 0 Å². The maximum absolute atomic E-state index is 14.2. The monoisotopic (exact) mass is 560 g/mol. The number of carbonyl (C=O) groups excluding carboxylic acids is 2. The van der Waals surface area contributed by atoms with Gasteiger partial charge in [0.05, 0.1) is 24.9 Å². The highest BCUT2D eigenvalue weighted by molar-refractivity contribution is 5.97. The maximum Gasteiger partial charge on any atom is 0.410 e. The molecule has 2 atom stereocenters. The van der Waals surface area contributed by atoms with Gasteiger partial charge in [0.25, 0.3) is 0 Å². The minimum absolute atomic E-state index is 0.0184. The summed E-state index contributed by atoms with van der Waals surface area (Å²) in [5, 5.41) is 0. The first-order chi connectivity index (χ1) is 18.7. The van der Waals surface area contributed by atoms with Gasteiger partial charge in [0.2, 0.25) is 17.5 Å². The molecule has 2 amide bonds. The van der Waals surface area contributed by atoms with E-state index in [1.54, 1.807) is 29.2 Å². The van der Waals surface area contributed by atoms with E-state index in [-0.39, 0.29) is 30.4 Å². The maximum atomic E-state index is 14.2. The quantitative estimate of drug-likeness (QED) is 0.505. The largest absolute Gasteiger partial charge is 0.444 e. The molecule has 4 rings (SSSR count). The molecule has 40 heavy (non-hydrogen) atoms. The van der Waals surface area contributed by atoms with Gasteiger partial charge in [0.1, 0.15) is 5.60 Å². The van der Waals surface area contributed by atoms with Crippen molar-refractivity contribution in [3.05, 3.63) is 47.7 Å². The summed E-state index contributed by atoms with van der Waals surface area (Å²) in [6.07, 6.45) is 1.19. The fraction of sp³-hybridized carbons (Fsp3) is 0.552. The van der Waals surface area contributed by atoms with Crippen LogP contribution in [0, 0.1) is 11.6 Å². The first-order valence-corrected chi connectivity index (χ1v) is 13.4. The third kappa shape index (κ3) is 6.36. The summed E-state index contributed by atoms with van der Waals surface area (Å²) in [5.74, 6) is -2.42. The number of amides is 2. The van der Waals surface area contributed by atoms with Gasteiger partial charge in [-0.2, -0.15) is 0 Å². The minimum Gasteiger partial charge on any atom is -0.444 e. The molecule has 1 aromatic carbocycles. The molecule has 9 nitrogen and oxygen atoms in total. The number of aromatic nitrogens is 1. The van der Waals surface area contributed by atoms with E-state index in [0.29, 0.717) is 31.9 Å². The molecule has 3 heterocycles. The Labute approximate surface area is 234 Å². The van der Waals surface area contributed by atoms with E-state index < -0.39 is 34.5 Å². The number of benzene rings is 1. The first kappa shape index (κ1) is 29.7. The summed E-state index contributed by atoms with van der Waals surface area (Å²) >= 11 is 0. The topological polar surface area (TPSA) is 84.4 Å². The molecule has 0 aliphatic carbocycles. The molecule has 0 saturated carbocycles. The minimum atomic E-state index is -0.848. The van der Waals surface area contributed by atoms with Crippen LogP contribution in [0.3, 0.4) is 0 Å². The Morgan fingerprint density at radius 2 is 1.82 bits per heavy atom. The number of nitrogens with zero attached hydrogens (tertiary/aromatic N) is 4. The van der Waals surface area contributed by atoms with Crippen LogP contribution in [0.1, 0.15) is 47.1 Å². The number of para-hydroxylation sites is 1. The first-order valence-electron chi connectivity index (χ1n) is 13.4. The highest BCUT2D eigenvalue weighted by Gasteiger charge is 2.42. The van der Waals surface area contributed by atoms with Crippen LogP contribution in [-0.4, -0.2) is 84.4 Å². The molecule has 2 unspecified atom stereocenters. The number of rotatable bonds is 6. The van der Waals surface area contributed by atoms with Crippen LogP contribution in [0.15, 0.2) is 30.5 Å². The molecule has 1 fully saturated rings. The molecule has 218 valence electrons. The van der Waals surface area contributed by atoms with Crippen molar-refractivity contribution in [1.82, 2.24) is 14.8 Å². The lowest BCUT2D eigenvalue weighted by molar-refractivity contribution is -0.121. The lowest BCUT2D eigenvalue weighted by Gasteiger charge is -2.45. The zero-order valence-corrected chi connectivity index (χ0v) is 24.2. The van der Waals surface area contributed by atoms with Gasteiger partial charge >= 0.3 is 6.09 Å². The molecule has 0 spiro atoms. The predicted octanol–water partition coefficient (Wildman–Crippen LogP) is 4.73. The fourth-order valence-electron chi connectivity index (χ4n) is 5.19. The number of carbonyl (C=O) groups is 2. The van der Waals surface area contributed by atoms with Gasteiger partial charge in [-0.05, 0) is 39.8 Å². The third-order valence-corrected chi connectivity index (χ3v) is 7.14. The molecule has 0 bridgehead atoms. The number of fused-ring (bicyclic) bond motifs is 1. The highest BCUT2D eigenvalue weighted by atomic mass is 19.1. The molecule has 0 N–H and O–H groups in total. The second-order valence-corrected chi connectivity index (χ2v) is 12.1. The molecule has 2 aromatic rings. The summed E-state index contributed by atoms with van der Waals surface area (Å²) in [5.41, 5.74) is 0.403. The Morgan fingerprint density at radius 3 is 2.45 bits per heavy atom. The lowest BCUT2D eigenvalue weighted by Crippen LogP contribution is -2.62. The van der Waals surface area contributed by atoms with Crippen molar-refractivity contribution in [3.63, 3.8) is 0 Å². The van der Waals surface area contributed by atoms with Gasteiger partial charge in [-0.1, -0.05) is 19.9 Å². The second-order valence-electron chi connectivity index (χ2n) is 12.1. The Morgan fingerprint density at radius 1 is 1.15 bits per heavy atom. The van der Waals surface area contributed by atoms with E-state index in [2.05, 4.69) is 4.98 Å². The molecule has 1 aromatic heterocycles. The molecule has 11 heteroatoms. The van der Waals surface area contributed by atoms with Gasteiger partial charge in [0, 0.05) is 56.0 Å². The third-order valence-electron chi connectivity index (χ3n) is 7.14. The van der Waals surface area contributed by atoms with E-state index in [0.717, 1.165) is 17.7 Å². The van der Waals surface area contributed by atoms with Crippen molar-refractivity contribution in [1.29, 1.82) is 0 Å². The molecular weight excluding hydrogens is 522 g/mol. The number of hydrogen-bond acceptors (Lipinski definition) is 7. The molecule has 0 radical (unpaired) electrons. The standard InChI is InChI=1S/C29H38F2N4O5/c1-18-13-33(19(16-38-7)14-34(18)27(37)40-28(2,3)4)15-25(36)35-17-29(5,6)20-12-32-24(11-23(20)35)39-26-21(30)9-8-10-22(26)31/h8-12,18-19H,13-17H2,1-7H3. The molecular formula is C29H38F2N4O5. The van der Waals surface area contributed by atoms with Crippen LogP contribution in [0.2, 0.25) is 0 Å². The van der Waals surface area contributed by atoms with Crippen molar-refractivity contribution >= 4 is 17.7 Å². The van der Waals surface area contributed by atoms with Crippen molar-refractivity contribution in [3.8, 4) is 11.6 Å². The van der Waals surface area contributed by atoms with Crippen LogP contribution in [0.4, 0.5) is 19.3 Å². The Bertz CT molecular complexity index is 1250. The Kier molecular flexibility index (Phi) is 8.37. The van der Waals surface area contributed by atoms with Crippen LogP contribution >= 0.6 is 0 Å². The number of pyridine rings is 1. The predicted molar refractivity (Wildman–Crippen MR) is 146 cm³/mol. The van der Waals surface area contributed by atoms with E-state index in [4.69, 9.17) is 14.2 Å². The number of piperazine rings is 1. The Balaban J connectivity index is 1.54. The summed E-state index contributed by atoms with van der Waals surface area (Å²) in [7, 11) is 1.59. The van der Waals surface area contributed by atoms with E-state index in [9.17, 15) is 18.4 Å². The Hall–Kier alpha value is -3.31. The van der Waals surface area contributed by atoms with E-state index >= 15 is 0 Å². The van der Waals surface area contributed by atoms with Crippen LogP contribution in [0.5, 0.6) is 11.6 Å². The van der Waals surface area contributed by atoms with Crippen LogP contribution in [-0.2, 0) is 19.7 Å². The van der Waals surface area contributed by atoms with Crippen molar-refractivity contribution in [2.45, 2.75) is 64.6 Å². The SMILES string of the molecule is COCC1CN(C(=O)OC(C)(C)C)C(C)CN1CC(=O)N1CC(C)(C)c2cnc(Oc3c(F)cccc3F)cc21. The lowest BCUT2D eigenvalue weighted by atomic mass is 9.88. The van der Waals surface area contributed by atoms with Crippen LogP contribution in [0.25, 0.3) is 0 Å². The van der Waals surface area contributed by atoms with Crippen molar-refractivity contribution < 1.29 is 32.6 Å². The summed E-state index contributed by atoms with van der Waals surface area (Å²) in [4.78, 5) is 36.2. The molecule has 2 aliphatic rings.